The lowest BCUT2D eigenvalue weighted by Gasteiger charge is -2.28. The summed E-state index contributed by atoms with van der Waals surface area (Å²) in [4.78, 5) is 2.38. The zero-order valence-electron chi connectivity index (χ0n) is 14.0. The van der Waals surface area contributed by atoms with Gasteiger partial charge in [-0.2, -0.15) is 5.26 Å². The highest BCUT2D eigenvalue weighted by Gasteiger charge is 2.18. The van der Waals surface area contributed by atoms with Crippen LogP contribution in [0, 0.1) is 11.3 Å². The molecule has 1 fully saturated rings. The van der Waals surface area contributed by atoms with Crippen molar-refractivity contribution in [3.8, 4) is 6.07 Å². The summed E-state index contributed by atoms with van der Waals surface area (Å²) in [5, 5.41) is 9.07. The van der Waals surface area contributed by atoms with Crippen molar-refractivity contribution in [1.29, 1.82) is 5.26 Å². The monoisotopic (exact) mass is 355 g/mol. The molecule has 0 saturated carbocycles. The van der Waals surface area contributed by atoms with Crippen LogP contribution in [0.2, 0.25) is 0 Å². The molecule has 0 amide bonds. The molecule has 0 aromatic heterocycles. The minimum atomic E-state index is -3.71. The van der Waals surface area contributed by atoms with Gasteiger partial charge in [-0.25, -0.2) is 13.1 Å². The number of hydrogen-bond acceptors (Lipinski definition) is 4. The highest BCUT2D eigenvalue weighted by atomic mass is 32.2. The zero-order chi connectivity index (χ0) is 17.7. The van der Waals surface area contributed by atoms with Crippen LogP contribution >= 0.6 is 0 Å². The lowest BCUT2D eigenvalue weighted by molar-refractivity contribution is 0.577. The predicted molar refractivity (Wildman–Crippen MR) is 97.7 cm³/mol. The standard InChI is InChI=1S/C19H21N3O2S/c20-14-17-6-2-3-7-19(17)25(23,24)21-15-16-8-10-18(11-9-16)22-12-4-1-5-13-22/h2-3,6-11,21H,1,4-5,12-13,15H2. The summed E-state index contributed by atoms with van der Waals surface area (Å²) < 4.78 is 27.4. The van der Waals surface area contributed by atoms with Crippen molar-refractivity contribution in [2.45, 2.75) is 30.7 Å². The quantitative estimate of drug-likeness (QED) is 0.895. The molecule has 1 aliphatic heterocycles. The van der Waals surface area contributed by atoms with E-state index in [1.54, 1.807) is 12.1 Å². The van der Waals surface area contributed by atoms with E-state index < -0.39 is 10.0 Å². The van der Waals surface area contributed by atoms with E-state index in [9.17, 15) is 8.42 Å². The first-order chi connectivity index (χ1) is 12.1. The van der Waals surface area contributed by atoms with E-state index in [0.29, 0.717) is 0 Å². The number of rotatable bonds is 5. The van der Waals surface area contributed by atoms with E-state index in [-0.39, 0.29) is 17.0 Å². The summed E-state index contributed by atoms with van der Waals surface area (Å²) in [7, 11) is -3.71. The van der Waals surface area contributed by atoms with Gasteiger partial charge >= 0.3 is 0 Å². The molecule has 1 heterocycles. The number of anilines is 1. The SMILES string of the molecule is N#Cc1ccccc1S(=O)(=O)NCc1ccc(N2CCCCC2)cc1. The molecule has 1 N–H and O–H groups in total. The zero-order valence-corrected chi connectivity index (χ0v) is 14.8. The molecule has 2 aromatic carbocycles. The number of hydrogen-bond donors (Lipinski definition) is 1. The van der Waals surface area contributed by atoms with Crippen LogP contribution in [0.3, 0.4) is 0 Å². The van der Waals surface area contributed by atoms with Gasteiger partial charge in [0.25, 0.3) is 0 Å². The Labute approximate surface area is 149 Å². The van der Waals surface area contributed by atoms with Crippen molar-refractivity contribution in [2.24, 2.45) is 0 Å². The molecule has 130 valence electrons. The van der Waals surface area contributed by atoms with Gasteiger partial charge in [-0.05, 0) is 49.1 Å². The fourth-order valence-electron chi connectivity index (χ4n) is 3.03. The molecule has 0 bridgehead atoms. The van der Waals surface area contributed by atoms with Gasteiger partial charge in [0.2, 0.25) is 10.0 Å². The van der Waals surface area contributed by atoms with E-state index in [1.165, 1.54) is 37.1 Å². The second-order valence-electron chi connectivity index (χ2n) is 6.15. The van der Waals surface area contributed by atoms with Crippen molar-refractivity contribution in [3.05, 3.63) is 59.7 Å². The van der Waals surface area contributed by atoms with Gasteiger partial charge in [-0.15, -0.1) is 0 Å². The Morgan fingerprint density at radius 1 is 1.00 bits per heavy atom. The van der Waals surface area contributed by atoms with Crippen molar-refractivity contribution >= 4 is 15.7 Å². The summed E-state index contributed by atoms with van der Waals surface area (Å²) in [6.07, 6.45) is 3.74. The lowest BCUT2D eigenvalue weighted by atomic mass is 10.1. The van der Waals surface area contributed by atoms with Gasteiger partial charge in [-0.3, -0.25) is 0 Å². The molecule has 1 saturated heterocycles. The Morgan fingerprint density at radius 2 is 1.68 bits per heavy atom. The normalized spacial score (nSPS) is 14.9. The first-order valence-electron chi connectivity index (χ1n) is 8.43. The highest BCUT2D eigenvalue weighted by molar-refractivity contribution is 7.89. The summed E-state index contributed by atoms with van der Waals surface area (Å²) >= 11 is 0. The third-order valence-corrected chi connectivity index (χ3v) is 5.88. The Hall–Kier alpha value is -2.36. The second kappa shape index (κ2) is 7.68. The summed E-state index contributed by atoms with van der Waals surface area (Å²) in [6.45, 7) is 2.36. The molecule has 0 atom stereocenters. The molecular formula is C19H21N3O2S. The van der Waals surface area contributed by atoms with E-state index in [0.717, 1.165) is 18.7 Å². The average molecular weight is 355 g/mol. The Balaban J connectivity index is 1.67. The molecule has 25 heavy (non-hydrogen) atoms. The van der Waals surface area contributed by atoms with Gasteiger partial charge in [0.1, 0.15) is 6.07 Å². The number of nitriles is 1. The molecule has 0 aliphatic carbocycles. The largest absolute Gasteiger partial charge is 0.372 e. The third-order valence-electron chi connectivity index (χ3n) is 4.42. The van der Waals surface area contributed by atoms with Crippen LogP contribution < -0.4 is 9.62 Å². The van der Waals surface area contributed by atoms with Gasteiger partial charge in [0, 0.05) is 25.3 Å². The first kappa shape index (κ1) is 17.5. The molecule has 0 spiro atoms. The first-order valence-corrected chi connectivity index (χ1v) is 9.91. The molecule has 6 heteroatoms. The number of benzene rings is 2. The van der Waals surface area contributed by atoms with Gasteiger partial charge in [-0.1, -0.05) is 24.3 Å². The van der Waals surface area contributed by atoms with Crippen molar-refractivity contribution in [3.63, 3.8) is 0 Å². The van der Waals surface area contributed by atoms with Gasteiger partial charge < -0.3 is 4.90 Å². The Bertz CT molecular complexity index is 864. The number of nitrogens with one attached hydrogen (secondary N) is 1. The van der Waals surface area contributed by atoms with Crippen LogP contribution in [0.15, 0.2) is 53.4 Å². The molecule has 2 aromatic rings. The van der Waals surface area contributed by atoms with Gasteiger partial charge in [0.15, 0.2) is 0 Å². The smallest absolute Gasteiger partial charge is 0.242 e. The maximum absolute atomic E-state index is 12.4. The van der Waals surface area contributed by atoms with Crippen LogP contribution in [0.25, 0.3) is 0 Å². The third kappa shape index (κ3) is 4.19. The lowest BCUT2D eigenvalue weighted by Crippen LogP contribution is -2.29. The molecule has 1 aliphatic rings. The molecular weight excluding hydrogens is 334 g/mol. The van der Waals surface area contributed by atoms with Crippen molar-refractivity contribution in [2.75, 3.05) is 18.0 Å². The summed E-state index contributed by atoms with van der Waals surface area (Å²) in [5.41, 5.74) is 2.22. The fraction of sp³-hybridized carbons (Fsp3) is 0.316. The maximum atomic E-state index is 12.4. The summed E-state index contributed by atoms with van der Waals surface area (Å²) in [6, 6.07) is 16.1. The summed E-state index contributed by atoms with van der Waals surface area (Å²) in [5.74, 6) is 0. The fourth-order valence-corrected chi connectivity index (χ4v) is 4.20. The van der Waals surface area contributed by atoms with E-state index in [4.69, 9.17) is 5.26 Å². The topological polar surface area (TPSA) is 73.2 Å². The molecule has 0 unspecified atom stereocenters. The van der Waals surface area contributed by atoms with Crippen LogP contribution in [-0.2, 0) is 16.6 Å². The average Bonchev–Trinajstić information content (AvgIpc) is 2.67. The molecule has 3 rings (SSSR count). The minimum absolute atomic E-state index is 0.0161. The molecule has 5 nitrogen and oxygen atoms in total. The number of piperidine rings is 1. The van der Waals surface area contributed by atoms with E-state index in [1.807, 2.05) is 30.3 Å². The van der Waals surface area contributed by atoms with E-state index >= 15 is 0 Å². The van der Waals surface area contributed by atoms with Gasteiger partial charge in [0.05, 0.1) is 10.5 Å². The Kier molecular flexibility index (Phi) is 5.37. The van der Waals surface area contributed by atoms with Crippen LogP contribution in [0.5, 0.6) is 0 Å². The van der Waals surface area contributed by atoms with E-state index in [2.05, 4.69) is 9.62 Å². The van der Waals surface area contributed by atoms with Crippen molar-refractivity contribution < 1.29 is 8.42 Å². The minimum Gasteiger partial charge on any atom is -0.372 e. The maximum Gasteiger partial charge on any atom is 0.242 e. The van der Waals surface area contributed by atoms with Crippen LogP contribution in [0.4, 0.5) is 5.69 Å². The highest BCUT2D eigenvalue weighted by Crippen LogP contribution is 2.20. The van der Waals surface area contributed by atoms with Crippen LogP contribution in [0.1, 0.15) is 30.4 Å². The van der Waals surface area contributed by atoms with Crippen molar-refractivity contribution in [1.82, 2.24) is 4.72 Å². The van der Waals surface area contributed by atoms with Crippen LogP contribution in [-0.4, -0.2) is 21.5 Å². The molecule has 0 radical (unpaired) electrons. The number of sulfonamides is 1. The predicted octanol–water partition coefficient (Wildman–Crippen LogP) is 3.03. The number of nitrogens with zero attached hydrogens (tertiary/aromatic N) is 2. The second-order valence-corrected chi connectivity index (χ2v) is 7.88. The Morgan fingerprint density at radius 3 is 2.36 bits per heavy atom.